The molecule has 5 heteroatoms. The smallest absolute Gasteiger partial charge is 0.164 e. The fourth-order valence-electron chi connectivity index (χ4n) is 7.80. The van der Waals surface area contributed by atoms with Crippen LogP contribution in [0.5, 0.6) is 0 Å². The lowest BCUT2D eigenvalue weighted by Gasteiger charge is -2.11. The van der Waals surface area contributed by atoms with E-state index in [4.69, 9.17) is 23.8 Å². The number of benzene rings is 8. The van der Waals surface area contributed by atoms with E-state index in [-0.39, 0.29) is 0 Å². The van der Waals surface area contributed by atoms with Gasteiger partial charge in [0.1, 0.15) is 22.3 Å². The summed E-state index contributed by atoms with van der Waals surface area (Å²) in [5.41, 5.74) is 10.7. The van der Waals surface area contributed by atoms with Crippen LogP contribution >= 0.6 is 0 Å². The Hall–Kier alpha value is -7.37. The Morgan fingerprint density at radius 3 is 1.22 bits per heavy atom. The van der Waals surface area contributed by atoms with E-state index >= 15 is 0 Å². The molecule has 252 valence electrons. The minimum Gasteiger partial charge on any atom is -0.456 e. The first-order valence-corrected chi connectivity index (χ1v) is 18.0. The van der Waals surface area contributed by atoms with Crippen molar-refractivity contribution in [2.45, 2.75) is 0 Å². The van der Waals surface area contributed by atoms with Crippen molar-refractivity contribution in [2.75, 3.05) is 0 Å². The molecule has 3 heterocycles. The van der Waals surface area contributed by atoms with Crippen LogP contribution in [0.1, 0.15) is 0 Å². The van der Waals surface area contributed by atoms with E-state index in [1.54, 1.807) is 0 Å². The average Bonchev–Trinajstić information content (AvgIpc) is 3.82. The molecule has 0 saturated carbocycles. The van der Waals surface area contributed by atoms with Gasteiger partial charge in [-0.1, -0.05) is 152 Å². The second-order valence-corrected chi connectivity index (χ2v) is 13.5. The summed E-state index contributed by atoms with van der Waals surface area (Å²) >= 11 is 0. The number of furan rings is 2. The lowest BCUT2D eigenvalue weighted by atomic mass is 9.98. The minimum atomic E-state index is 0.611. The summed E-state index contributed by atoms with van der Waals surface area (Å²) in [5.74, 6) is 1.85. The van der Waals surface area contributed by atoms with Crippen molar-refractivity contribution in [1.82, 2.24) is 15.0 Å². The van der Waals surface area contributed by atoms with E-state index in [2.05, 4.69) is 127 Å². The van der Waals surface area contributed by atoms with Gasteiger partial charge in [-0.3, -0.25) is 0 Å². The number of fused-ring (bicyclic) bond motifs is 7. The Bertz CT molecular complexity index is 3030. The van der Waals surface area contributed by atoms with E-state index < -0.39 is 0 Å². The van der Waals surface area contributed by atoms with E-state index in [0.717, 1.165) is 93.6 Å². The van der Waals surface area contributed by atoms with Crippen molar-refractivity contribution in [3.8, 4) is 56.4 Å². The summed E-state index contributed by atoms with van der Waals surface area (Å²) in [5, 5.41) is 6.66. The molecule has 0 aliphatic carbocycles. The summed E-state index contributed by atoms with van der Waals surface area (Å²) in [6.07, 6.45) is 0. The van der Waals surface area contributed by atoms with Crippen LogP contribution < -0.4 is 0 Å². The molecule has 11 aromatic rings. The summed E-state index contributed by atoms with van der Waals surface area (Å²) in [7, 11) is 0. The highest BCUT2D eigenvalue weighted by Crippen LogP contribution is 2.39. The molecule has 0 aliphatic heterocycles. The highest BCUT2D eigenvalue weighted by atomic mass is 16.3. The molecule has 0 atom stereocenters. The maximum absolute atomic E-state index is 6.18. The predicted octanol–water partition coefficient (Wildman–Crippen LogP) is 13.2. The Morgan fingerprint density at radius 1 is 0.278 bits per heavy atom. The number of hydrogen-bond acceptors (Lipinski definition) is 5. The van der Waals surface area contributed by atoms with Crippen LogP contribution in [0, 0.1) is 0 Å². The van der Waals surface area contributed by atoms with E-state index in [0.29, 0.717) is 17.5 Å². The second kappa shape index (κ2) is 12.1. The molecule has 54 heavy (non-hydrogen) atoms. The van der Waals surface area contributed by atoms with Crippen LogP contribution in [0.25, 0.3) is 111 Å². The Kier molecular flexibility index (Phi) is 6.79. The van der Waals surface area contributed by atoms with Gasteiger partial charge >= 0.3 is 0 Å². The van der Waals surface area contributed by atoms with Crippen LogP contribution in [0.15, 0.2) is 185 Å². The van der Waals surface area contributed by atoms with E-state index in [1.807, 2.05) is 48.5 Å². The molecular formula is C49H29N3O2. The predicted molar refractivity (Wildman–Crippen MR) is 219 cm³/mol. The first kappa shape index (κ1) is 30.3. The van der Waals surface area contributed by atoms with Gasteiger partial charge in [-0.25, -0.2) is 15.0 Å². The molecule has 0 aliphatic rings. The fourth-order valence-corrected chi connectivity index (χ4v) is 7.80. The molecule has 11 rings (SSSR count). The van der Waals surface area contributed by atoms with E-state index in [9.17, 15) is 0 Å². The van der Waals surface area contributed by atoms with Gasteiger partial charge in [-0.15, -0.1) is 0 Å². The molecule has 0 bridgehead atoms. The lowest BCUT2D eigenvalue weighted by molar-refractivity contribution is 0.668. The standard InChI is InChI=1S/C49H29N3O2/c1-2-12-35-30(10-1)11-7-17-38(35)49-51-47(33-26-22-31(23-27-33)36-15-8-20-43-45(36)39-13-3-5-18-41(39)53-43)50-48(52-49)34-28-24-32(25-29-34)37-16-9-21-44-46(37)40-14-4-6-19-42(40)54-44/h1-29H. The van der Waals surface area contributed by atoms with Crippen molar-refractivity contribution >= 4 is 54.6 Å². The summed E-state index contributed by atoms with van der Waals surface area (Å²) < 4.78 is 12.4. The first-order valence-electron chi connectivity index (χ1n) is 18.0. The molecule has 0 radical (unpaired) electrons. The molecule has 5 nitrogen and oxygen atoms in total. The third-order valence-electron chi connectivity index (χ3n) is 10.4. The van der Waals surface area contributed by atoms with Gasteiger partial charge in [0, 0.05) is 38.2 Å². The van der Waals surface area contributed by atoms with Crippen molar-refractivity contribution in [3.05, 3.63) is 176 Å². The summed E-state index contributed by atoms with van der Waals surface area (Å²) in [4.78, 5) is 15.3. The lowest BCUT2D eigenvalue weighted by Crippen LogP contribution is -2.00. The monoisotopic (exact) mass is 691 g/mol. The number of aromatic nitrogens is 3. The minimum absolute atomic E-state index is 0.611. The second-order valence-electron chi connectivity index (χ2n) is 13.5. The van der Waals surface area contributed by atoms with Gasteiger partial charge in [0.15, 0.2) is 17.5 Å². The Labute approximate surface area is 309 Å². The maximum atomic E-state index is 6.18. The van der Waals surface area contributed by atoms with Gasteiger partial charge in [0.05, 0.1) is 0 Å². The topological polar surface area (TPSA) is 65.0 Å². The van der Waals surface area contributed by atoms with Gasteiger partial charge in [-0.2, -0.15) is 0 Å². The molecule has 0 amide bonds. The van der Waals surface area contributed by atoms with Crippen LogP contribution in [0.4, 0.5) is 0 Å². The average molecular weight is 692 g/mol. The quantitative estimate of drug-likeness (QED) is 0.180. The summed E-state index contributed by atoms with van der Waals surface area (Å²) in [6, 6.07) is 60.4. The molecule has 0 spiro atoms. The van der Waals surface area contributed by atoms with Crippen molar-refractivity contribution in [2.24, 2.45) is 0 Å². The third kappa shape index (κ3) is 4.90. The first-order chi connectivity index (χ1) is 26.7. The molecule has 8 aromatic carbocycles. The highest BCUT2D eigenvalue weighted by molar-refractivity contribution is 6.13. The molecule has 0 fully saturated rings. The number of hydrogen-bond donors (Lipinski definition) is 0. The normalized spacial score (nSPS) is 11.7. The van der Waals surface area contributed by atoms with E-state index in [1.165, 1.54) is 0 Å². The zero-order valence-electron chi connectivity index (χ0n) is 28.9. The van der Waals surface area contributed by atoms with Crippen molar-refractivity contribution in [3.63, 3.8) is 0 Å². The summed E-state index contributed by atoms with van der Waals surface area (Å²) in [6.45, 7) is 0. The number of para-hydroxylation sites is 2. The van der Waals surface area contributed by atoms with Gasteiger partial charge in [-0.05, 0) is 57.3 Å². The fraction of sp³-hybridized carbons (Fsp3) is 0. The van der Waals surface area contributed by atoms with Crippen LogP contribution in [0.2, 0.25) is 0 Å². The van der Waals surface area contributed by atoms with Crippen molar-refractivity contribution in [1.29, 1.82) is 0 Å². The molecular weight excluding hydrogens is 663 g/mol. The maximum Gasteiger partial charge on any atom is 0.164 e. The molecule has 3 aromatic heterocycles. The van der Waals surface area contributed by atoms with Crippen molar-refractivity contribution < 1.29 is 8.83 Å². The number of rotatable bonds is 5. The zero-order chi connectivity index (χ0) is 35.6. The largest absolute Gasteiger partial charge is 0.456 e. The third-order valence-corrected chi connectivity index (χ3v) is 10.4. The van der Waals surface area contributed by atoms with Gasteiger partial charge in [0.2, 0.25) is 0 Å². The Balaban J connectivity index is 1.03. The van der Waals surface area contributed by atoms with Crippen LogP contribution in [-0.2, 0) is 0 Å². The SMILES string of the molecule is c1ccc2c(-c3nc(-c4ccc(-c5cccc6oc7ccccc7c56)cc4)nc(-c4ccc(-c5cccc6oc7ccccc7c56)cc4)n3)cccc2c1. The zero-order valence-corrected chi connectivity index (χ0v) is 28.9. The van der Waals surface area contributed by atoms with Crippen LogP contribution in [0.3, 0.4) is 0 Å². The molecule has 0 unspecified atom stereocenters. The van der Waals surface area contributed by atoms with Gasteiger partial charge < -0.3 is 8.83 Å². The van der Waals surface area contributed by atoms with Crippen LogP contribution in [-0.4, -0.2) is 15.0 Å². The molecule has 0 saturated heterocycles. The number of nitrogens with zero attached hydrogens (tertiary/aromatic N) is 3. The Morgan fingerprint density at radius 2 is 0.667 bits per heavy atom. The molecule has 0 N–H and O–H groups in total. The van der Waals surface area contributed by atoms with Gasteiger partial charge in [0.25, 0.3) is 0 Å². The highest BCUT2D eigenvalue weighted by Gasteiger charge is 2.17.